The van der Waals surface area contributed by atoms with Crippen LogP contribution in [0.1, 0.15) is 32.6 Å². The number of carbonyl (C=O) groups excluding carboxylic acids is 2. The zero-order chi connectivity index (χ0) is 14.0. The first-order chi connectivity index (χ1) is 9.02. The standard InChI is InChI=1S/C14H24N2O2S/c1-4-19-12-6-5-11(8-12)16(3)14(18)10-7-13(17)15(2)9-10/h10-12H,4-9H2,1-3H3/t10-,11+,12-/m1/s1. The summed E-state index contributed by atoms with van der Waals surface area (Å²) in [5.74, 6) is 1.28. The van der Waals surface area contributed by atoms with E-state index in [4.69, 9.17) is 0 Å². The average molecular weight is 284 g/mol. The van der Waals surface area contributed by atoms with E-state index in [1.54, 1.807) is 11.9 Å². The van der Waals surface area contributed by atoms with Crippen LogP contribution in [0.4, 0.5) is 0 Å². The molecule has 0 aromatic carbocycles. The quantitative estimate of drug-likeness (QED) is 0.787. The largest absolute Gasteiger partial charge is 0.345 e. The lowest BCUT2D eigenvalue weighted by molar-refractivity contribution is -0.136. The van der Waals surface area contributed by atoms with Gasteiger partial charge in [0.25, 0.3) is 0 Å². The van der Waals surface area contributed by atoms with Crippen LogP contribution in [-0.4, -0.2) is 59.3 Å². The van der Waals surface area contributed by atoms with Crippen LogP contribution in [0.3, 0.4) is 0 Å². The molecular formula is C14H24N2O2S. The van der Waals surface area contributed by atoms with Gasteiger partial charge >= 0.3 is 0 Å². The van der Waals surface area contributed by atoms with Gasteiger partial charge in [0.1, 0.15) is 0 Å². The van der Waals surface area contributed by atoms with Crippen LogP contribution in [0.25, 0.3) is 0 Å². The van der Waals surface area contributed by atoms with E-state index in [1.807, 2.05) is 23.7 Å². The molecule has 1 aliphatic heterocycles. The third-order valence-corrected chi connectivity index (χ3v) is 5.58. The van der Waals surface area contributed by atoms with Gasteiger partial charge in [0, 0.05) is 38.4 Å². The fourth-order valence-electron chi connectivity index (χ4n) is 3.15. The van der Waals surface area contributed by atoms with Crippen molar-refractivity contribution in [2.45, 2.75) is 43.9 Å². The van der Waals surface area contributed by atoms with Crippen molar-refractivity contribution in [3.05, 3.63) is 0 Å². The van der Waals surface area contributed by atoms with E-state index < -0.39 is 0 Å². The highest BCUT2D eigenvalue weighted by molar-refractivity contribution is 7.99. The molecule has 2 aliphatic rings. The first kappa shape index (κ1) is 14.7. The summed E-state index contributed by atoms with van der Waals surface area (Å²) in [6, 6.07) is 0.373. The maximum Gasteiger partial charge on any atom is 0.227 e. The predicted molar refractivity (Wildman–Crippen MR) is 78.1 cm³/mol. The number of hydrogen-bond donors (Lipinski definition) is 0. The molecule has 1 aliphatic carbocycles. The number of amides is 2. The van der Waals surface area contributed by atoms with Gasteiger partial charge in [-0.05, 0) is 25.0 Å². The molecule has 5 heteroatoms. The maximum absolute atomic E-state index is 12.4. The fraction of sp³-hybridized carbons (Fsp3) is 0.857. The van der Waals surface area contributed by atoms with Crippen molar-refractivity contribution in [1.29, 1.82) is 0 Å². The van der Waals surface area contributed by atoms with Gasteiger partial charge in [-0.25, -0.2) is 0 Å². The highest BCUT2D eigenvalue weighted by atomic mass is 32.2. The average Bonchev–Trinajstić information content (AvgIpc) is 2.96. The summed E-state index contributed by atoms with van der Waals surface area (Å²) in [6.45, 7) is 2.77. The van der Waals surface area contributed by atoms with E-state index in [9.17, 15) is 9.59 Å². The molecule has 0 unspecified atom stereocenters. The molecular weight excluding hydrogens is 260 g/mol. The second kappa shape index (κ2) is 6.16. The summed E-state index contributed by atoms with van der Waals surface area (Å²) in [4.78, 5) is 27.5. The molecule has 1 heterocycles. The summed E-state index contributed by atoms with van der Waals surface area (Å²) < 4.78 is 0. The minimum atomic E-state index is -0.125. The number of likely N-dealkylation sites (tertiary alicyclic amines) is 1. The molecule has 2 fully saturated rings. The maximum atomic E-state index is 12.4. The summed E-state index contributed by atoms with van der Waals surface area (Å²) in [7, 11) is 3.69. The van der Waals surface area contributed by atoms with Gasteiger partial charge in [-0.3, -0.25) is 9.59 Å². The first-order valence-corrected chi connectivity index (χ1v) is 8.20. The van der Waals surface area contributed by atoms with E-state index >= 15 is 0 Å². The SMILES string of the molecule is CCS[C@@H]1CC[C@H](N(C)C(=O)[C@@H]2CC(=O)N(C)C2)C1. The van der Waals surface area contributed by atoms with Gasteiger partial charge in [-0.1, -0.05) is 6.92 Å². The number of rotatable bonds is 4. The third kappa shape index (κ3) is 3.25. The fourth-order valence-corrected chi connectivity index (χ4v) is 4.29. The Bertz CT molecular complexity index is 361. The minimum absolute atomic E-state index is 0.0950. The molecule has 0 radical (unpaired) electrons. The summed E-state index contributed by atoms with van der Waals surface area (Å²) in [5.41, 5.74) is 0. The molecule has 0 aromatic rings. The first-order valence-electron chi connectivity index (χ1n) is 7.15. The lowest BCUT2D eigenvalue weighted by atomic mass is 10.1. The Kier molecular flexibility index (Phi) is 4.76. The second-order valence-electron chi connectivity index (χ2n) is 5.67. The zero-order valence-electron chi connectivity index (χ0n) is 12.1. The molecule has 19 heavy (non-hydrogen) atoms. The second-order valence-corrected chi connectivity index (χ2v) is 7.25. The van der Waals surface area contributed by atoms with Crippen molar-refractivity contribution in [3.63, 3.8) is 0 Å². The third-order valence-electron chi connectivity index (χ3n) is 4.34. The van der Waals surface area contributed by atoms with Crippen LogP contribution in [0.15, 0.2) is 0 Å². The summed E-state index contributed by atoms with van der Waals surface area (Å²) in [6.07, 6.45) is 3.82. The Morgan fingerprint density at radius 3 is 2.79 bits per heavy atom. The molecule has 1 saturated heterocycles. The predicted octanol–water partition coefficient (Wildman–Crippen LogP) is 1.60. The van der Waals surface area contributed by atoms with Gasteiger partial charge in [-0.15, -0.1) is 0 Å². The van der Waals surface area contributed by atoms with Crippen LogP contribution in [0.2, 0.25) is 0 Å². The highest BCUT2D eigenvalue weighted by Gasteiger charge is 2.37. The smallest absolute Gasteiger partial charge is 0.227 e. The van der Waals surface area contributed by atoms with Crippen molar-refractivity contribution in [2.24, 2.45) is 5.92 Å². The monoisotopic (exact) mass is 284 g/mol. The van der Waals surface area contributed by atoms with Crippen LogP contribution >= 0.6 is 11.8 Å². The lowest BCUT2D eigenvalue weighted by Crippen LogP contribution is -2.40. The van der Waals surface area contributed by atoms with Crippen molar-refractivity contribution in [2.75, 3.05) is 26.4 Å². The Labute approximate surface area is 119 Å². The number of carbonyl (C=O) groups is 2. The number of hydrogen-bond acceptors (Lipinski definition) is 3. The topological polar surface area (TPSA) is 40.6 Å². The Hall–Kier alpha value is -0.710. The Morgan fingerprint density at radius 2 is 2.21 bits per heavy atom. The molecule has 2 rings (SSSR count). The Balaban J connectivity index is 1.88. The number of thioether (sulfide) groups is 1. The van der Waals surface area contributed by atoms with Crippen LogP contribution < -0.4 is 0 Å². The lowest BCUT2D eigenvalue weighted by Gasteiger charge is -2.27. The van der Waals surface area contributed by atoms with Gasteiger partial charge < -0.3 is 9.80 Å². The van der Waals surface area contributed by atoms with Crippen LogP contribution in [0.5, 0.6) is 0 Å². The van der Waals surface area contributed by atoms with E-state index in [0.29, 0.717) is 24.3 Å². The summed E-state index contributed by atoms with van der Waals surface area (Å²) in [5, 5.41) is 0.707. The van der Waals surface area contributed by atoms with E-state index in [-0.39, 0.29) is 17.7 Å². The van der Waals surface area contributed by atoms with Crippen LogP contribution in [0, 0.1) is 5.92 Å². The molecule has 0 bridgehead atoms. The van der Waals surface area contributed by atoms with Gasteiger partial charge in [-0.2, -0.15) is 11.8 Å². The zero-order valence-corrected chi connectivity index (χ0v) is 12.9. The molecule has 0 spiro atoms. The normalized spacial score (nSPS) is 31.0. The molecule has 1 saturated carbocycles. The van der Waals surface area contributed by atoms with Crippen molar-refractivity contribution < 1.29 is 9.59 Å². The highest BCUT2D eigenvalue weighted by Crippen LogP contribution is 2.33. The molecule has 4 nitrogen and oxygen atoms in total. The molecule has 108 valence electrons. The van der Waals surface area contributed by atoms with E-state index in [1.165, 1.54) is 6.42 Å². The van der Waals surface area contributed by atoms with Crippen LogP contribution in [-0.2, 0) is 9.59 Å². The van der Waals surface area contributed by atoms with E-state index in [0.717, 1.165) is 18.6 Å². The summed E-state index contributed by atoms with van der Waals surface area (Å²) >= 11 is 2.00. The van der Waals surface area contributed by atoms with Gasteiger partial charge in [0.05, 0.1) is 5.92 Å². The van der Waals surface area contributed by atoms with Crippen molar-refractivity contribution >= 4 is 23.6 Å². The molecule has 2 amide bonds. The van der Waals surface area contributed by atoms with E-state index in [2.05, 4.69) is 6.92 Å². The van der Waals surface area contributed by atoms with Gasteiger partial charge in [0.2, 0.25) is 11.8 Å². The van der Waals surface area contributed by atoms with Crippen molar-refractivity contribution in [3.8, 4) is 0 Å². The molecule has 3 atom stereocenters. The Morgan fingerprint density at radius 1 is 1.47 bits per heavy atom. The number of nitrogens with zero attached hydrogens (tertiary/aromatic N) is 2. The molecule has 0 aromatic heterocycles. The van der Waals surface area contributed by atoms with Gasteiger partial charge in [0.15, 0.2) is 0 Å². The minimum Gasteiger partial charge on any atom is -0.345 e. The molecule has 0 N–H and O–H groups in total. The van der Waals surface area contributed by atoms with Crippen molar-refractivity contribution in [1.82, 2.24) is 9.80 Å².